The van der Waals surface area contributed by atoms with Gasteiger partial charge >= 0.3 is 7.12 Å². The lowest BCUT2D eigenvalue weighted by atomic mass is 9.54. The second kappa shape index (κ2) is 9.67. The smallest absolute Gasteiger partial charge is 0.427 e. The first-order valence-corrected chi connectivity index (χ1v) is 12.2. The average Bonchev–Trinajstić information content (AvgIpc) is 2.77. The Bertz CT molecular complexity index is 555. The van der Waals surface area contributed by atoms with E-state index in [2.05, 4.69) is 5.32 Å². The first kappa shape index (κ1) is 21.6. The molecule has 7 heteroatoms. The Morgan fingerprint density at radius 1 is 0.966 bits per heavy atom. The Hall–Kier alpha value is -0.625. The van der Waals surface area contributed by atoms with Crippen LogP contribution in [0.25, 0.3) is 0 Å². The number of fused-ring (bicyclic) bond motifs is 1. The summed E-state index contributed by atoms with van der Waals surface area (Å²) in [6.07, 6.45) is 11.8. The molecule has 2 saturated heterocycles. The number of nitrogens with two attached hydrogens (primary N) is 1. The molecule has 4 rings (SSSR count). The topological polar surface area (TPSA) is 98.8 Å². The number of hydrogen-bond acceptors (Lipinski definition) is 5. The zero-order valence-corrected chi connectivity index (χ0v) is 17.8. The molecule has 164 valence electrons. The van der Waals surface area contributed by atoms with Gasteiger partial charge in [-0.25, -0.2) is 0 Å². The predicted molar refractivity (Wildman–Crippen MR) is 115 cm³/mol. The van der Waals surface area contributed by atoms with Crippen LogP contribution in [-0.2, 0) is 4.79 Å². The first-order valence-electron chi connectivity index (χ1n) is 12.2. The van der Waals surface area contributed by atoms with Gasteiger partial charge in [0, 0.05) is 18.9 Å². The molecule has 0 spiro atoms. The van der Waals surface area contributed by atoms with Gasteiger partial charge in [0.25, 0.3) is 0 Å². The maximum Gasteiger partial charge on any atom is 0.457 e. The van der Waals surface area contributed by atoms with E-state index < -0.39 is 13.2 Å². The minimum absolute atomic E-state index is 0.0917. The van der Waals surface area contributed by atoms with E-state index in [1.54, 1.807) is 0 Å². The van der Waals surface area contributed by atoms with Gasteiger partial charge in [0.1, 0.15) is 0 Å². The van der Waals surface area contributed by atoms with Gasteiger partial charge in [0.05, 0.1) is 6.04 Å². The van der Waals surface area contributed by atoms with Gasteiger partial charge < -0.3 is 26.0 Å². The first-order chi connectivity index (χ1) is 14.1. The number of hydrogen-bond donors (Lipinski definition) is 4. The maximum absolute atomic E-state index is 13.3. The highest BCUT2D eigenvalue weighted by Gasteiger charge is 2.49. The Morgan fingerprint density at radius 2 is 1.69 bits per heavy atom. The SMILES string of the molecule is NCC1CCCC(C2CCN(C(=O)C3NCC4CCCCC4C3B(O)O)CC2)C1. The predicted octanol–water partition coefficient (Wildman–Crippen LogP) is 1.61. The lowest BCUT2D eigenvalue weighted by molar-refractivity contribution is -0.137. The number of nitrogens with one attached hydrogen (secondary N) is 1. The average molecular weight is 405 g/mol. The number of amides is 1. The van der Waals surface area contributed by atoms with Crippen LogP contribution in [-0.4, -0.2) is 60.2 Å². The molecule has 6 atom stereocenters. The number of carbonyl (C=O) groups excluding carboxylic acids is 1. The molecule has 4 fully saturated rings. The number of piperidine rings is 2. The lowest BCUT2D eigenvalue weighted by Gasteiger charge is -2.47. The fraction of sp³-hybridized carbons (Fsp3) is 0.955. The molecular formula is C22H40BN3O3. The summed E-state index contributed by atoms with van der Waals surface area (Å²) in [5.74, 6) is 2.64. The van der Waals surface area contributed by atoms with Crippen LogP contribution in [0, 0.1) is 29.6 Å². The minimum atomic E-state index is -1.42. The zero-order chi connectivity index (χ0) is 20.4. The van der Waals surface area contributed by atoms with Crippen molar-refractivity contribution in [2.45, 2.75) is 76.1 Å². The van der Waals surface area contributed by atoms with Gasteiger partial charge in [-0.05, 0) is 74.8 Å². The molecule has 0 aromatic carbocycles. The van der Waals surface area contributed by atoms with E-state index in [9.17, 15) is 14.8 Å². The molecule has 6 nitrogen and oxygen atoms in total. The highest BCUT2D eigenvalue weighted by atomic mass is 16.4. The highest BCUT2D eigenvalue weighted by Crippen LogP contribution is 2.44. The van der Waals surface area contributed by atoms with E-state index in [0.29, 0.717) is 11.8 Å². The Labute approximate surface area is 176 Å². The monoisotopic (exact) mass is 405 g/mol. The van der Waals surface area contributed by atoms with E-state index in [1.165, 1.54) is 32.1 Å². The Balaban J connectivity index is 1.35. The number of carbonyl (C=O) groups is 1. The summed E-state index contributed by atoms with van der Waals surface area (Å²) in [4.78, 5) is 15.3. The fourth-order valence-electron chi connectivity index (χ4n) is 7.07. The van der Waals surface area contributed by atoms with Crippen molar-refractivity contribution in [3.8, 4) is 0 Å². The van der Waals surface area contributed by atoms with Crippen molar-refractivity contribution in [2.75, 3.05) is 26.2 Å². The largest absolute Gasteiger partial charge is 0.457 e. The van der Waals surface area contributed by atoms with E-state index in [-0.39, 0.29) is 17.6 Å². The number of likely N-dealkylation sites (tertiary alicyclic amines) is 1. The molecule has 0 bridgehead atoms. The number of rotatable bonds is 4. The van der Waals surface area contributed by atoms with E-state index in [0.717, 1.165) is 70.1 Å². The van der Waals surface area contributed by atoms with Crippen LogP contribution in [0.15, 0.2) is 0 Å². The second-order valence-electron chi connectivity index (χ2n) is 10.3. The van der Waals surface area contributed by atoms with Crippen LogP contribution < -0.4 is 11.1 Å². The number of nitrogens with zero attached hydrogens (tertiary/aromatic N) is 1. The summed E-state index contributed by atoms with van der Waals surface area (Å²) < 4.78 is 0. The molecule has 2 saturated carbocycles. The van der Waals surface area contributed by atoms with Crippen LogP contribution in [0.1, 0.15) is 64.2 Å². The van der Waals surface area contributed by atoms with Gasteiger partial charge in [0.2, 0.25) is 5.91 Å². The Kier molecular flexibility index (Phi) is 7.20. The molecule has 1 amide bonds. The lowest BCUT2D eigenvalue weighted by Crippen LogP contribution is -2.60. The summed E-state index contributed by atoms with van der Waals surface area (Å²) in [6.45, 7) is 3.28. The summed E-state index contributed by atoms with van der Waals surface area (Å²) in [7, 11) is -1.42. The molecule has 0 aromatic rings. The minimum Gasteiger partial charge on any atom is -0.427 e. The highest BCUT2D eigenvalue weighted by molar-refractivity contribution is 6.44. The van der Waals surface area contributed by atoms with Crippen molar-refractivity contribution >= 4 is 13.0 Å². The second-order valence-corrected chi connectivity index (χ2v) is 10.3. The van der Waals surface area contributed by atoms with E-state index in [1.807, 2.05) is 4.90 Å². The summed E-state index contributed by atoms with van der Waals surface area (Å²) in [5.41, 5.74) is 5.92. The third-order valence-corrected chi connectivity index (χ3v) is 8.73. The van der Waals surface area contributed by atoms with Gasteiger partial charge in [-0.2, -0.15) is 0 Å². The molecule has 0 aromatic heterocycles. The van der Waals surface area contributed by atoms with Crippen LogP contribution in [0.3, 0.4) is 0 Å². The van der Waals surface area contributed by atoms with Crippen LogP contribution in [0.2, 0.25) is 5.82 Å². The van der Waals surface area contributed by atoms with Crippen molar-refractivity contribution in [1.29, 1.82) is 0 Å². The third kappa shape index (κ3) is 4.68. The van der Waals surface area contributed by atoms with Gasteiger partial charge in [0.15, 0.2) is 0 Å². The Morgan fingerprint density at radius 3 is 2.41 bits per heavy atom. The summed E-state index contributed by atoms with van der Waals surface area (Å²) in [5, 5.41) is 23.7. The van der Waals surface area contributed by atoms with Crippen molar-refractivity contribution in [3.05, 3.63) is 0 Å². The van der Waals surface area contributed by atoms with Gasteiger partial charge in [-0.1, -0.05) is 32.1 Å². The normalized spacial score (nSPS) is 39.1. The summed E-state index contributed by atoms with van der Waals surface area (Å²) >= 11 is 0. The van der Waals surface area contributed by atoms with Crippen molar-refractivity contribution in [1.82, 2.24) is 10.2 Å². The van der Waals surface area contributed by atoms with E-state index in [4.69, 9.17) is 5.73 Å². The van der Waals surface area contributed by atoms with Crippen molar-refractivity contribution < 1.29 is 14.8 Å². The van der Waals surface area contributed by atoms with Crippen LogP contribution in [0.4, 0.5) is 0 Å². The molecular weight excluding hydrogens is 365 g/mol. The van der Waals surface area contributed by atoms with Gasteiger partial charge in [-0.3, -0.25) is 4.79 Å². The molecule has 2 aliphatic carbocycles. The molecule has 2 heterocycles. The summed E-state index contributed by atoms with van der Waals surface area (Å²) in [6, 6.07) is -0.442. The zero-order valence-electron chi connectivity index (χ0n) is 17.8. The third-order valence-electron chi connectivity index (χ3n) is 8.73. The maximum atomic E-state index is 13.3. The van der Waals surface area contributed by atoms with Crippen LogP contribution in [0.5, 0.6) is 0 Å². The molecule has 6 unspecified atom stereocenters. The quantitative estimate of drug-likeness (QED) is 0.533. The molecule has 0 radical (unpaired) electrons. The van der Waals surface area contributed by atoms with Crippen LogP contribution >= 0.6 is 0 Å². The van der Waals surface area contributed by atoms with E-state index >= 15 is 0 Å². The molecule has 4 aliphatic rings. The standard InChI is InChI=1S/C22H40BN3O3/c24-13-15-4-3-6-17(12-15)16-8-10-26(11-9-16)22(27)21-20(23(28)29)19-7-2-1-5-18(19)14-25-21/h15-21,25,28-29H,1-14,24H2. The molecule has 2 aliphatic heterocycles. The van der Waals surface area contributed by atoms with Crippen molar-refractivity contribution in [2.24, 2.45) is 35.3 Å². The van der Waals surface area contributed by atoms with Gasteiger partial charge in [-0.15, -0.1) is 0 Å². The fourth-order valence-corrected chi connectivity index (χ4v) is 7.07. The molecule has 5 N–H and O–H groups in total. The van der Waals surface area contributed by atoms with Crippen molar-refractivity contribution in [3.63, 3.8) is 0 Å². The molecule has 29 heavy (non-hydrogen) atoms.